The van der Waals surface area contributed by atoms with Gasteiger partial charge in [-0.3, -0.25) is 9.59 Å². The lowest BCUT2D eigenvalue weighted by Gasteiger charge is -2.17. The van der Waals surface area contributed by atoms with Crippen molar-refractivity contribution in [3.8, 4) is 5.69 Å². The van der Waals surface area contributed by atoms with Gasteiger partial charge in [-0.05, 0) is 49.2 Å². The highest BCUT2D eigenvalue weighted by molar-refractivity contribution is 6.11. The van der Waals surface area contributed by atoms with Crippen LogP contribution in [0.4, 0.5) is 11.4 Å². The standard InChI is InChI=1S/C25H22N4O2/c1-2-28-15-14-17-12-13-18(16-22(17)28)26-24(30)23-20-10-6-7-11-21(20)25(31)29(27-23)19-8-4-3-5-9-19/h3-13,16H,2,14-15H2,1H3,(H,26,30). The minimum absolute atomic E-state index is 0.215. The highest BCUT2D eigenvalue weighted by Crippen LogP contribution is 2.30. The number of amides is 1. The molecule has 3 aromatic carbocycles. The molecule has 0 unspecified atom stereocenters. The molecule has 0 bridgehead atoms. The fraction of sp³-hybridized carbons (Fsp3) is 0.160. The highest BCUT2D eigenvalue weighted by Gasteiger charge is 2.20. The van der Waals surface area contributed by atoms with E-state index in [0.29, 0.717) is 22.1 Å². The smallest absolute Gasteiger partial charge is 0.279 e. The molecule has 154 valence electrons. The zero-order valence-corrected chi connectivity index (χ0v) is 17.2. The van der Waals surface area contributed by atoms with E-state index < -0.39 is 0 Å². The lowest BCUT2D eigenvalue weighted by molar-refractivity contribution is 0.102. The topological polar surface area (TPSA) is 67.2 Å². The van der Waals surface area contributed by atoms with Crippen LogP contribution < -0.4 is 15.8 Å². The summed E-state index contributed by atoms with van der Waals surface area (Å²) >= 11 is 0. The molecule has 6 nitrogen and oxygen atoms in total. The Bertz CT molecular complexity index is 1340. The Morgan fingerprint density at radius 3 is 2.52 bits per heavy atom. The van der Waals surface area contributed by atoms with Gasteiger partial charge < -0.3 is 10.2 Å². The predicted molar refractivity (Wildman–Crippen MR) is 123 cm³/mol. The fourth-order valence-corrected chi connectivity index (χ4v) is 4.14. The SMILES string of the molecule is CCN1CCc2ccc(NC(=O)c3nn(-c4ccccc4)c(=O)c4ccccc34)cc21. The van der Waals surface area contributed by atoms with E-state index in [4.69, 9.17) is 0 Å². The van der Waals surface area contributed by atoms with Crippen molar-refractivity contribution in [2.75, 3.05) is 23.3 Å². The number of hydrogen-bond acceptors (Lipinski definition) is 4. The van der Waals surface area contributed by atoms with Gasteiger partial charge >= 0.3 is 0 Å². The van der Waals surface area contributed by atoms with Gasteiger partial charge in [-0.1, -0.05) is 42.5 Å². The van der Waals surface area contributed by atoms with Crippen molar-refractivity contribution in [2.45, 2.75) is 13.3 Å². The van der Waals surface area contributed by atoms with Crippen LogP contribution in [-0.2, 0) is 6.42 Å². The minimum Gasteiger partial charge on any atom is -0.371 e. The molecule has 0 saturated carbocycles. The van der Waals surface area contributed by atoms with Crippen molar-refractivity contribution in [3.05, 3.63) is 94.4 Å². The summed E-state index contributed by atoms with van der Waals surface area (Å²) in [6.07, 6.45) is 1.02. The van der Waals surface area contributed by atoms with Crippen LogP contribution in [0.2, 0.25) is 0 Å². The van der Waals surface area contributed by atoms with Crippen LogP contribution in [0.15, 0.2) is 77.6 Å². The van der Waals surface area contributed by atoms with Gasteiger partial charge in [-0.15, -0.1) is 0 Å². The summed E-state index contributed by atoms with van der Waals surface area (Å²) in [5, 5.41) is 8.42. The predicted octanol–water partition coefficient (Wildman–Crippen LogP) is 4.02. The molecule has 0 fully saturated rings. The van der Waals surface area contributed by atoms with Crippen LogP contribution >= 0.6 is 0 Å². The molecule has 0 saturated heterocycles. The summed E-state index contributed by atoms with van der Waals surface area (Å²) in [4.78, 5) is 28.6. The van der Waals surface area contributed by atoms with Crippen molar-refractivity contribution in [3.63, 3.8) is 0 Å². The first kappa shape index (κ1) is 19.1. The largest absolute Gasteiger partial charge is 0.371 e. The first-order valence-corrected chi connectivity index (χ1v) is 10.4. The Labute approximate surface area is 179 Å². The van der Waals surface area contributed by atoms with Gasteiger partial charge in [0.1, 0.15) is 0 Å². The number of carbonyl (C=O) groups is 1. The molecule has 5 rings (SSSR count). The summed E-state index contributed by atoms with van der Waals surface area (Å²) < 4.78 is 1.29. The number of para-hydroxylation sites is 1. The van der Waals surface area contributed by atoms with E-state index in [-0.39, 0.29) is 17.2 Å². The lowest BCUT2D eigenvalue weighted by Crippen LogP contribution is -2.26. The molecule has 0 radical (unpaired) electrons. The van der Waals surface area contributed by atoms with Crippen molar-refractivity contribution in [1.29, 1.82) is 0 Å². The molecule has 0 aliphatic carbocycles. The van der Waals surface area contributed by atoms with Gasteiger partial charge in [0.05, 0.1) is 11.1 Å². The van der Waals surface area contributed by atoms with Crippen molar-refractivity contribution < 1.29 is 4.79 Å². The molecule has 2 heterocycles. The number of benzene rings is 3. The molecule has 1 aliphatic heterocycles. The summed E-state index contributed by atoms with van der Waals surface area (Å²) in [7, 11) is 0. The van der Waals surface area contributed by atoms with Crippen molar-refractivity contribution >= 4 is 28.1 Å². The molecule has 1 amide bonds. The van der Waals surface area contributed by atoms with E-state index >= 15 is 0 Å². The van der Waals surface area contributed by atoms with Crippen LogP contribution in [0.25, 0.3) is 16.5 Å². The summed E-state index contributed by atoms with van der Waals surface area (Å²) in [6.45, 7) is 4.05. The molecule has 6 heteroatoms. The summed E-state index contributed by atoms with van der Waals surface area (Å²) in [6, 6.07) is 22.2. The van der Waals surface area contributed by atoms with E-state index in [0.717, 1.165) is 25.2 Å². The Morgan fingerprint density at radius 2 is 1.74 bits per heavy atom. The minimum atomic E-state index is -0.345. The van der Waals surface area contributed by atoms with Gasteiger partial charge in [0.25, 0.3) is 11.5 Å². The average molecular weight is 410 g/mol. The zero-order chi connectivity index (χ0) is 21.4. The quantitative estimate of drug-likeness (QED) is 0.552. The number of carbonyl (C=O) groups excluding carboxylic acids is 1. The number of rotatable bonds is 4. The third-order valence-electron chi connectivity index (χ3n) is 5.74. The maximum Gasteiger partial charge on any atom is 0.279 e. The second kappa shape index (κ2) is 7.72. The lowest BCUT2D eigenvalue weighted by atomic mass is 10.1. The molecule has 31 heavy (non-hydrogen) atoms. The fourth-order valence-electron chi connectivity index (χ4n) is 4.14. The third-order valence-corrected chi connectivity index (χ3v) is 5.74. The zero-order valence-electron chi connectivity index (χ0n) is 17.2. The average Bonchev–Trinajstić information content (AvgIpc) is 3.22. The number of anilines is 2. The number of likely N-dealkylation sites (N-methyl/N-ethyl adjacent to an activating group) is 1. The molecule has 1 aliphatic rings. The number of nitrogens with zero attached hydrogens (tertiary/aromatic N) is 3. The molecule has 1 N–H and O–H groups in total. The molecule has 0 atom stereocenters. The highest BCUT2D eigenvalue weighted by atomic mass is 16.2. The van der Waals surface area contributed by atoms with Gasteiger partial charge in [0.15, 0.2) is 5.69 Å². The maximum atomic E-state index is 13.3. The summed E-state index contributed by atoms with van der Waals surface area (Å²) in [5.41, 5.74) is 3.74. The number of nitrogens with one attached hydrogen (secondary N) is 1. The van der Waals surface area contributed by atoms with E-state index in [2.05, 4.69) is 28.3 Å². The Morgan fingerprint density at radius 1 is 1.00 bits per heavy atom. The molecule has 0 spiro atoms. The van der Waals surface area contributed by atoms with Crippen molar-refractivity contribution in [1.82, 2.24) is 9.78 Å². The van der Waals surface area contributed by atoms with Gasteiger partial charge in [0.2, 0.25) is 0 Å². The first-order chi connectivity index (χ1) is 15.2. The van der Waals surface area contributed by atoms with E-state index in [1.807, 2.05) is 36.4 Å². The van der Waals surface area contributed by atoms with E-state index in [9.17, 15) is 9.59 Å². The second-order valence-electron chi connectivity index (χ2n) is 7.57. The van der Waals surface area contributed by atoms with Crippen LogP contribution in [0.3, 0.4) is 0 Å². The third kappa shape index (κ3) is 3.36. The van der Waals surface area contributed by atoms with Crippen molar-refractivity contribution in [2.24, 2.45) is 0 Å². The Kier molecular flexibility index (Phi) is 4.75. The monoisotopic (exact) mass is 410 g/mol. The second-order valence-corrected chi connectivity index (χ2v) is 7.57. The number of hydrogen-bond donors (Lipinski definition) is 1. The van der Waals surface area contributed by atoms with Crippen LogP contribution in [0.5, 0.6) is 0 Å². The van der Waals surface area contributed by atoms with Gasteiger partial charge in [-0.25, -0.2) is 0 Å². The van der Waals surface area contributed by atoms with Crippen LogP contribution in [-0.4, -0.2) is 28.8 Å². The van der Waals surface area contributed by atoms with E-state index in [1.54, 1.807) is 30.3 Å². The van der Waals surface area contributed by atoms with E-state index in [1.165, 1.54) is 10.2 Å². The molecule has 4 aromatic rings. The first-order valence-electron chi connectivity index (χ1n) is 10.4. The van der Waals surface area contributed by atoms with Crippen LogP contribution in [0, 0.1) is 0 Å². The Hall–Kier alpha value is -3.93. The van der Waals surface area contributed by atoms with Crippen LogP contribution in [0.1, 0.15) is 23.0 Å². The normalized spacial score (nSPS) is 12.7. The molecular formula is C25H22N4O2. The number of fused-ring (bicyclic) bond motifs is 2. The molecule has 1 aromatic heterocycles. The maximum absolute atomic E-state index is 13.3. The van der Waals surface area contributed by atoms with Gasteiger partial charge in [0, 0.05) is 29.9 Å². The summed E-state index contributed by atoms with van der Waals surface area (Å²) in [5.74, 6) is -0.345. The van der Waals surface area contributed by atoms with Gasteiger partial charge in [-0.2, -0.15) is 9.78 Å². The Balaban J connectivity index is 1.58. The molecular weight excluding hydrogens is 388 g/mol. The number of aromatic nitrogens is 2.